The van der Waals surface area contributed by atoms with Crippen LogP contribution >= 0.6 is 0 Å². The number of cyclic esters (lactones) is 1. The largest absolute Gasteiger partial charge is 0.508 e. The second kappa shape index (κ2) is 31.1. The predicted octanol–water partition coefficient (Wildman–Crippen LogP) is 2.65. The quantitative estimate of drug-likeness (QED) is 0.0374. The smallest absolute Gasteiger partial charge is 0.329 e. The monoisotopic (exact) mass is 1020 g/mol. The summed E-state index contributed by atoms with van der Waals surface area (Å²) < 4.78 is 5.66. The summed E-state index contributed by atoms with van der Waals surface area (Å²) in [6, 6.07) is 7.02. The summed E-state index contributed by atoms with van der Waals surface area (Å²) in [5, 5.41) is 47.3. The number of unbranched alkanes of at least 4 members (excludes halogenated alkanes) is 4. The van der Waals surface area contributed by atoms with Gasteiger partial charge in [0, 0.05) is 32.4 Å². The lowest BCUT2D eigenvalue weighted by molar-refractivity contribution is -0.156. The first-order chi connectivity index (χ1) is 34.6. The van der Waals surface area contributed by atoms with Crippen molar-refractivity contribution in [3.05, 3.63) is 90.0 Å². The minimum Gasteiger partial charge on any atom is -0.508 e. The normalized spacial score (nSPS) is 18.7. The zero-order valence-corrected chi connectivity index (χ0v) is 43.6. The molecule has 0 fully saturated rings. The lowest BCUT2D eigenvalue weighted by atomic mass is 9.99. The molecule has 0 aromatic heterocycles. The van der Waals surface area contributed by atoms with Crippen molar-refractivity contribution in [1.82, 2.24) is 36.8 Å². The minimum atomic E-state index is -1.67. The van der Waals surface area contributed by atoms with E-state index in [1.165, 1.54) is 30.2 Å². The summed E-state index contributed by atoms with van der Waals surface area (Å²) in [6.45, 7) is 11.0. The van der Waals surface area contributed by atoms with Gasteiger partial charge in [-0.1, -0.05) is 128 Å². The van der Waals surface area contributed by atoms with Gasteiger partial charge in [0.2, 0.25) is 41.4 Å². The molecule has 1 heterocycles. The fraction of sp³-hybridized carbons (Fsp3) is 0.556. The number of amides is 7. The maximum Gasteiger partial charge on any atom is 0.329 e. The summed E-state index contributed by atoms with van der Waals surface area (Å²) >= 11 is 0. The van der Waals surface area contributed by atoms with Gasteiger partial charge in [-0.3, -0.25) is 33.6 Å². The molecule has 19 nitrogen and oxygen atoms in total. The van der Waals surface area contributed by atoms with E-state index in [0.29, 0.717) is 5.56 Å². The summed E-state index contributed by atoms with van der Waals surface area (Å²) in [5.74, 6) is -6.72. The molecule has 1 aliphatic heterocycles. The van der Waals surface area contributed by atoms with E-state index in [2.05, 4.69) is 38.8 Å². The Morgan fingerprint density at radius 3 is 2.07 bits per heavy atom. The summed E-state index contributed by atoms with van der Waals surface area (Å²) in [7, 11) is 1.42. The van der Waals surface area contributed by atoms with E-state index in [1.807, 2.05) is 36.4 Å². The van der Waals surface area contributed by atoms with Crippen LogP contribution < -0.4 is 31.9 Å². The molecule has 73 heavy (non-hydrogen) atoms. The van der Waals surface area contributed by atoms with Crippen LogP contribution in [0.5, 0.6) is 5.75 Å². The van der Waals surface area contributed by atoms with E-state index >= 15 is 0 Å². The lowest BCUT2D eigenvalue weighted by Crippen LogP contribution is -2.59. The fourth-order valence-corrected chi connectivity index (χ4v) is 7.94. The van der Waals surface area contributed by atoms with Gasteiger partial charge in [0.05, 0.1) is 31.2 Å². The number of hydrogen-bond donors (Lipinski definition) is 9. The van der Waals surface area contributed by atoms with Crippen molar-refractivity contribution < 1.29 is 58.4 Å². The third-order valence-corrected chi connectivity index (χ3v) is 12.4. The maximum absolute atomic E-state index is 13.9. The molecular weight excluding hydrogens is 939 g/mol. The van der Waals surface area contributed by atoms with Gasteiger partial charge in [-0.15, -0.1) is 0 Å². The van der Waals surface area contributed by atoms with Crippen LogP contribution in [0.3, 0.4) is 0 Å². The molecule has 19 heteroatoms. The highest BCUT2D eigenvalue weighted by atomic mass is 16.5. The van der Waals surface area contributed by atoms with E-state index in [-0.39, 0.29) is 36.8 Å². The molecule has 8 atom stereocenters. The second-order valence-corrected chi connectivity index (χ2v) is 19.6. The van der Waals surface area contributed by atoms with E-state index in [0.717, 1.165) is 43.7 Å². The first-order valence-corrected chi connectivity index (χ1v) is 25.3. The van der Waals surface area contributed by atoms with Crippen LogP contribution in [-0.4, -0.2) is 136 Å². The zero-order valence-electron chi connectivity index (χ0n) is 43.6. The lowest BCUT2D eigenvalue weighted by Gasteiger charge is -2.32. The number of nitrogens with one attached hydrogen (secondary N) is 6. The number of aliphatic hydroxyl groups excluding tert-OH is 2. The Kier molecular flexibility index (Phi) is 25.9. The van der Waals surface area contributed by atoms with Crippen LogP contribution in [0.25, 0.3) is 0 Å². The number of likely N-dealkylation sites (N-methyl/N-ethyl adjacent to an activating group) is 1. The Balaban J connectivity index is 1.71. The number of nitrogens with zero attached hydrogens (tertiary/aromatic N) is 1. The van der Waals surface area contributed by atoms with Gasteiger partial charge in [-0.25, -0.2) is 4.79 Å². The van der Waals surface area contributed by atoms with Crippen molar-refractivity contribution in [2.24, 2.45) is 17.8 Å². The number of carbonyl (C=O) groups excluding carboxylic acids is 8. The Hall–Kier alpha value is -6.60. The molecule has 7 amide bonds. The molecule has 0 saturated heterocycles. The summed E-state index contributed by atoms with van der Waals surface area (Å²) in [5.41, 5.74) is 1.38. The number of aliphatic hydroxyl groups is 2. The molecule has 0 bridgehead atoms. The summed E-state index contributed by atoms with van der Waals surface area (Å²) in [6.07, 6.45) is 9.22. The van der Waals surface area contributed by atoms with Gasteiger partial charge >= 0.3 is 5.97 Å². The molecule has 0 aliphatic carbocycles. The number of hydrogen-bond acceptors (Lipinski definition) is 12. The minimum absolute atomic E-state index is 0.00423. The molecule has 0 radical (unpaired) electrons. The molecule has 402 valence electrons. The highest BCUT2D eigenvalue weighted by Crippen LogP contribution is 2.18. The molecule has 0 spiro atoms. The first-order valence-electron chi connectivity index (χ1n) is 25.3. The van der Waals surface area contributed by atoms with Crippen molar-refractivity contribution >= 4 is 47.3 Å². The van der Waals surface area contributed by atoms with E-state index in [4.69, 9.17) is 4.74 Å². The predicted molar refractivity (Wildman–Crippen MR) is 275 cm³/mol. The standard InChI is InChI=1S/C54H79N7O12/c1-9-10-11-12-13-14-18-21-44(65)56-40(28-36-19-16-15-17-20-36)50(68)60-48(34(4)5)52(70)57-41(31-62)43(64)30-46(67)59-47(33(2)3)51(69)55-38-24-27-45(66)58-49(35(6)7)53(71)61(8)42(54(72)73-32-38)29-37-22-25-39(63)26-23-37/h14-20,22-27,33-35,38,40-43,47-49,62-64H,9-13,21,28-32H2,1-8H3,(H,55,69)(H,56,65)(H,57,70)(H,58,66)(H,59,67)(H,60,68)/t38-,40+,41+,42+,43+,47+,48+,49+/m1/s1. The highest BCUT2D eigenvalue weighted by Gasteiger charge is 2.37. The average molecular weight is 1020 g/mol. The third kappa shape index (κ3) is 20.8. The molecular formula is C54H79N7O12. The highest BCUT2D eigenvalue weighted by molar-refractivity contribution is 5.95. The number of rotatable bonds is 26. The molecule has 0 unspecified atom stereocenters. The van der Waals surface area contributed by atoms with Crippen LogP contribution in [0.15, 0.2) is 78.9 Å². The van der Waals surface area contributed by atoms with E-state index in [9.17, 15) is 53.7 Å². The zero-order chi connectivity index (χ0) is 54.2. The number of ether oxygens (including phenoxy) is 1. The van der Waals surface area contributed by atoms with Crippen molar-refractivity contribution in [1.29, 1.82) is 0 Å². The first kappa shape index (κ1) is 60.7. The molecule has 2 aromatic rings. The number of carbonyl (C=O) groups is 8. The molecule has 0 saturated carbocycles. The van der Waals surface area contributed by atoms with Crippen LogP contribution in [0.4, 0.5) is 0 Å². The number of benzene rings is 2. The van der Waals surface area contributed by atoms with Gasteiger partial charge in [0.25, 0.3) is 0 Å². The van der Waals surface area contributed by atoms with E-state index < -0.39 is 121 Å². The topological polar surface area (TPSA) is 282 Å². The van der Waals surface area contributed by atoms with Crippen LogP contribution in [0.2, 0.25) is 0 Å². The van der Waals surface area contributed by atoms with Gasteiger partial charge in [-0.2, -0.15) is 0 Å². The van der Waals surface area contributed by atoms with Crippen LogP contribution in [0.1, 0.15) is 105 Å². The number of aromatic hydroxyl groups is 1. The van der Waals surface area contributed by atoms with Crippen LogP contribution in [0, 0.1) is 17.8 Å². The third-order valence-electron chi connectivity index (χ3n) is 12.4. The van der Waals surface area contributed by atoms with Crippen molar-refractivity contribution in [3.63, 3.8) is 0 Å². The number of allylic oxidation sites excluding steroid dienone is 1. The van der Waals surface area contributed by atoms with Gasteiger partial charge < -0.3 is 56.9 Å². The second-order valence-electron chi connectivity index (χ2n) is 19.6. The Morgan fingerprint density at radius 1 is 0.795 bits per heavy atom. The van der Waals surface area contributed by atoms with Gasteiger partial charge in [0.1, 0.15) is 42.6 Å². The summed E-state index contributed by atoms with van der Waals surface area (Å²) in [4.78, 5) is 110. The van der Waals surface area contributed by atoms with Crippen molar-refractivity contribution in [2.75, 3.05) is 20.3 Å². The Labute approximate surface area is 429 Å². The fourth-order valence-electron chi connectivity index (χ4n) is 7.94. The van der Waals surface area contributed by atoms with Gasteiger partial charge in [-0.05, 0) is 53.9 Å². The molecule has 2 aromatic carbocycles. The number of esters is 1. The molecule has 3 rings (SSSR count). The van der Waals surface area contributed by atoms with Gasteiger partial charge in [0.15, 0.2) is 0 Å². The Morgan fingerprint density at radius 2 is 1.45 bits per heavy atom. The van der Waals surface area contributed by atoms with Crippen molar-refractivity contribution in [2.45, 2.75) is 155 Å². The average Bonchev–Trinajstić information content (AvgIpc) is 3.34. The number of phenols is 1. The van der Waals surface area contributed by atoms with Crippen LogP contribution in [-0.2, 0) is 55.9 Å². The SMILES string of the molecule is CCCCCCC=CCC(=O)N[C@@H](Cc1ccccc1)C(=O)N[C@H](C(=O)N[C@@H](CO)[C@@H](O)CC(=O)N[C@H](C(=O)N[C@@H]1C=CC(=O)N[C@@H](C(C)C)C(=O)N(C)[C@@H](Cc2ccc(O)cc2)C(=O)OC1)C(C)C)C(C)C. The van der Waals surface area contributed by atoms with Crippen molar-refractivity contribution in [3.8, 4) is 5.75 Å². The maximum atomic E-state index is 13.9. The molecule has 9 N–H and O–H groups in total. The Bertz CT molecular complexity index is 2180. The molecule has 1 aliphatic rings. The van der Waals surface area contributed by atoms with E-state index in [1.54, 1.807) is 59.8 Å². The number of phenolic OH excluding ortho intramolecular Hbond substituents is 1.